The van der Waals surface area contributed by atoms with Crippen LogP contribution >= 0.6 is 12.4 Å². The van der Waals surface area contributed by atoms with E-state index in [1.807, 2.05) is 0 Å². The molecule has 1 heterocycles. The lowest BCUT2D eigenvalue weighted by Crippen LogP contribution is -2.24. The maximum atomic E-state index is 11.8. The van der Waals surface area contributed by atoms with Gasteiger partial charge in [-0.15, -0.1) is 12.4 Å². The van der Waals surface area contributed by atoms with Gasteiger partial charge in [0.2, 0.25) is 5.91 Å². The highest BCUT2D eigenvalue weighted by Gasteiger charge is 2.11. The molecule has 1 amide bonds. The minimum atomic E-state index is 0. The van der Waals surface area contributed by atoms with E-state index >= 15 is 0 Å². The van der Waals surface area contributed by atoms with Crippen molar-refractivity contribution in [3.8, 4) is 0 Å². The van der Waals surface area contributed by atoms with Gasteiger partial charge >= 0.3 is 0 Å². The average Bonchev–Trinajstić information content (AvgIpc) is 2.83. The lowest BCUT2D eigenvalue weighted by atomic mass is 10.0. The molecule has 2 N–H and O–H groups in total. The monoisotopic (exact) mass is 296 g/mol. The maximum Gasteiger partial charge on any atom is 0.220 e. The van der Waals surface area contributed by atoms with E-state index in [0.29, 0.717) is 18.9 Å². The molecule has 0 radical (unpaired) electrons. The van der Waals surface area contributed by atoms with Gasteiger partial charge < -0.3 is 10.6 Å². The summed E-state index contributed by atoms with van der Waals surface area (Å²) in [5, 5.41) is 6.35. The second-order valence-electron chi connectivity index (χ2n) is 5.58. The number of hydrogen-bond acceptors (Lipinski definition) is 2. The molecule has 3 nitrogen and oxygen atoms in total. The van der Waals surface area contributed by atoms with Crippen molar-refractivity contribution in [3.05, 3.63) is 34.9 Å². The number of rotatable bonds is 6. The quantitative estimate of drug-likeness (QED) is 0.847. The number of amides is 1. The van der Waals surface area contributed by atoms with Crippen LogP contribution < -0.4 is 10.6 Å². The van der Waals surface area contributed by atoms with Crippen LogP contribution in [0.1, 0.15) is 49.8 Å². The van der Waals surface area contributed by atoms with E-state index in [9.17, 15) is 4.79 Å². The Hall–Kier alpha value is -1.06. The summed E-state index contributed by atoms with van der Waals surface area (Å²) in [5.74, 6) is 0.647. The van der Waals surface area contributed by atoms with Crippen LogP contribution in [-0.4, -0.2) is 5.91 Å². The molecule has 1 atom stereocenters. The average molecular weight is 297 g/mol. The van der Waals surface area contributed by atoms with Gasteiger partial charge in [-0.3, -0.25) is 4.79 Å². The topological polar surface area (TPSA) is 41.1 Å². The molecule has 4 heteroatoms. The third kappa shape index (κ3) is 4.80. The van der Waals surface area contributed by atoms with Crippen LogP contribution in [0.25, 0.3) is 0 Å². The van der Waals surface area contributed by atoms with Gasteiger partial charge in [-0.2, -0.15) is 0 Å². The van der Waals surface area contributed by atoms with Gasteiger partial charge in [0, 0.05) is 26.1 Å². The molecular weight excluding hydrogens is 272 g/mol. The fraction of sp³-hybridized carbons (Fsp3) is 0.562. The zero-order valence-corrected chi connectivity index (χ0v) is 13.2. The van der Waals surface area contributed by atoms with Gasteiger partial charge in [-0.25, -0.2) is 0 Å². The number of halogens is 1. The first-order valence-corrected chi connectivity index (χ1v) is 7.27. The summed E-state index contributed by atoms with van der Waals surface area (Å²) in [4.78, 5) is 11.8. The van der Waals surface area contributed by atoms with Crippen molar-refractivity contribution in [2.24, 2.45) is 5.92 Å². The Morgan fingerprint density at radius 3 is 2.85 bits per heavy atom. The van der Waals surface area contributed by atoms with Crippen LogP contribution in [0, 0.1) is 5.92 Å². The van der Waals surface area contributed by atoms with E-state index in [4.69, 9.17) is 0 Å². The molecule has 1 aliphatic rings. The summed E-state index contributed by atoms with van der Waals surface area (Å²) in [5.41, 5.74) is 3.94. The van der Waals surface area contributed by atoms with E-state index in [0.717, 1.165) is 25.9 Å². The van der Waals surface area contributed by atoms with Gasteiger partial charge in [0.05, 0.1) is 0 Å². The number of nitrogens with one attached hydrogen (secondary N) is 2. The minimum Gasteiger partial charge on any atom is -0.352 e. The second-order valence-corrected chi connectivity index (χ2v) is 5.58. The Bertz CT molecular complexity index is 448. The van der Waals surface area contributed by atoms with E-state index < -0.39 is 0 Å². The van der Waals surface area contributed by atoms with Crippen LogP contribution in [-0.2, 0) is 24.4 Å². The van der Waals surface area contributed by atoms with Crippen molar-refractivity contribution in [2.45, 2.75) is 52.7 Å². The molecule has 0 spiro atoms. The highest BCUT2D eigenvalue weighted by Crippen LogP contribution is 2.17. The smallest absolute Gasteiger partial charge is 0.220 e. The van der Waals surface area contributed by atoms with E-state index in [1.165, 1.54) is 16.7 Å². The molecule has 1 aromatic carbocycles. The lowest BCUT2D eigenvalue weighted by Gasteiger charge is -2.11. The third-order valence-corrected chi connectivity index (χ3v) is 3.71. The molecule has 0 bridgehead atoms. The number of fused-ring (bicyclic) bond motifs is 1. The lowest BCUT2D eigenvalue weighted by molar-refractivity contribution is -0.122. The largest absolute Gasteiger partial charge is 0.352 e. The van der Waals surface area contributed by atoms with Gasteiger partial charge in [0.25, 0.3) is 0 Å². The molecule has 0 saturated carbocycles. The molecule has 1 aliphatic heterocycles. The fourth-order valence-corrected chi connectivity index (χ4v) is 2.64. The molecule has 1 aromatic rings. The van der Waals surface area contributed by atoms with Crippen molar-refractivity contribution >= 4 is 18.3 Å². The van der Waals surface area contributed by atoms with Crippen LogP contribution in [0.15, 0.2) is 18.2 Å². The molecule has 0 aromatic heterocycles. The fourth-order valence-electron chi connectivity index (χ4n) is 2.64. The zero-order valence-electron chi connectivity index (χ0n) is 12.4. The van der Waals surface area contributed by atoms with Crippen LogP contribution in [0.5, 0.6) is 0 Å². The number of benzene rings is 1. The summed E-state index contributed by atoms with van der Waals surface area (Å²) in [6.45, 7) is 6.86. The first kappa shape index (κ1) is 17.0. The molecule has 1 unspecified atom stereocenters. The highest BCUT2D eigenvalue weighted by atomic mass is 35.5. The Balaban J connectivity index is 0.00000200. The van der Waals surface area contributed by atoms with Gasteiger partial charge in [0.1, 0.15) is 0 Å². The molecule has 0 saturated heterocycles. The van der Waals surface area contributed by atoms with Crippen molar-refractivity contribution in [1.29, 1.82) is 0 Å². The first-order valence-electron chi connectivity index (χ1n) is 7.27. The van der Waals surface area contributed by atoms with Crippen molar-refractivity contribution < 1.29 is 4.79 Å². The Kier molecular flexibility index (Phi) is 7.03. The maximum absolute atomic E-state index is 11.8. The predicted octanol–water partition coefficient (Wildman–Crippen LogP) is 3.15. The van der Waals surface area contributed by atoms with Crippen LogP contribution in [0.3, 0.4) is 0 Å². The van der Waals surface area contributed by atoms with E-state index in [-0.39, 0.29) is 18.3 Å². The molecule has 112 valence electrons. The summed E-state index contributed by atoms with van der Waals surface area (Å²) < 4.78 is 0. The molecule has 0 aliphatic carbocycles. The zero-order chi connectivity index (χ0) is 13.7. The summed E-state index contributed by atoms with van der Waals surface area (Å²) >= 11 is 0. The molecule has 2 rings (SSSR count). The Labute approximate surface area is 127 Å². The van der Waals surface area contributed by atoms with E-state index in [1.54, 1.807) is 0 Å². The molecular formula is C16H25ClN2O. The van der Waals surface area contributed by atoms with Crippen LogP contribution in [0.2, 0.25) is 0 Å². The van der Waals surface area contributed by atoms with Crippen LogP contribution in [0.4, 0.5) is 0 Å². The third-order valence-electron chi connectivity index (χ3n) is 3.71. The number of hydrogen-bond donors (Lipinski definition) is 2. The van der Waals surface area contributed by atoms with Crippen molar-refractivity contribution in [3.63, 3.8) is 0 Å². The number of carbonyl (C=O) groups is 1. The van der Waals surface area contributed by atoms with Gasteiger partial charge in [0.15, 0.2) is 0 Å². The van der Waals surface area contributed by atoms with Crippen molar-refractivity contribution in [2.75, 3.05) is 0 Å². The normalized spacial score (nSPS) is 14.3. The summed E-state index contributed by atoms with van der Waals surface area (Å²) in [7, 11) is 0. The Morgan fingerprint density at radius 2 is 2.10 bits per heavy atom. The second kappa shape index (κ2) is 8.28. The van der Waals surface area contributed by atoms with Gasteiger partial charge in [-0.1, -0.05) is 44.9 Å². The van der Waals surface area contributed by atoms with E-state index in [2.05, 4.69) is 42.7 Å². The molecule has 20 heavy (non-hydrogen) atoms. The predicted molar refractivity (Wildman–Crippen MR) is 84.8 cm³/mol. The Morgan fingerprint density at radius 1 is 1.35 bits per heavy atom. The summed E-state index contributed by atoms with van der Waals surface area (Å²) in [6, 6.07) is 6.48. The SMILES string of the molecule is CCCC(C)CC(=O)NCc1ccc2c(c1)CNC2.Cl. The highest BCUT2D eigenvalue weighted by molar-refractivity contribution is 5.85. The molecule has 0 fully saturated rings. The number of carbonyl (C=O) groups excluding carboxylic acids is 1. The summed E-state index contributed by atoms with van der Waals surface area (Å²) in [6.07, 6.45) is 2.91. The first-order chi connectivity index (χ1) is 9.19. The van der Waals surface area contributed by atoms with Crippen molar-refractivity contribution in [1.82, 2.24) is 10.6 Å². The minimum absolute atomic E-state index is 0. The van der Waals surface area contributed by atoms with Gasteiger partial charge in [-0.05, 0) is 22.6 Å². The standard InChI is InChI=1S/C16H24N2O.ClH/c1-3-4-12(2)7-16(19)18-9-13-5-6-14-10-17-11-15(14)8-13;/h5-6,8,12,17H,3-4,7,9-11H2,1-2H3,(H,18,19);1H.